The molecule has 0 atom stereocenters. The zero-order chi connectivity index (χ0) is 13.2. The van der Waals surface area contributed by atoms with E-state index in [1.54, 1.807) is 23.5 Å². The Bertz CT molecular complexity index is 558. The van der Waals surface area contributed by atoms with Crippen molar-refractivity contribution >= 4 is 11.3 Å². The molecule has 1 saturated carbocycles. The average molecular weight is 276 g/mol. The molecule has 0 aliphatic heterocycles. The van der Waals surface area contributed by atoms with Gasteiger partial charge in [0.15, 0.2) is 0 Å². The lowest BCUT2D eigenvalue weighted by molar-refractivity contribution is 0.628. The number of benzene rings is 1. The molecule has 1 aliphatic carbocycles. The van der Waals surface area contributed by atoms with Gasteiger partial charge in [-0.15, -0.1) is 11.3 Å². The van der Waals surface area contributed by atoms with Crippen molar-refractivity contribution in [2.24, 2.45) is 0 Å². The Hall–Kier alpha value is -1.26. The van der Waals surface area contributed by atoms with Gasteiger partial charge in [0.25, 0.3) is 0 Å². The van der Waals surface area contributed by atoms with Gasteiger partial charge in [-0.05, 0) is 44.0 Å². The highest BCUT2D eigenvalue weighted by atomic mass is 32.1. The Morgan fingerprint density at radius 2 is 2.05 bits per heavy atom. The van der Waals surface area contributed by atoms with E-state index in [1.165, 1.54) is 29.9 Å². The zero-order valence-corrected chi connectivity index (χ0v) is 11.8. The molecule has 0 bridgehead atoms. The summed E-state index contributed by atoms with van der Waals surface area (Å²) in [5, 5.41) is 4.66. The van der Waals surface area contributed by atoms with E-state index in [0.29, 0.717) is 0 Å². The number of rotatable bonds is 5. The van der Waals surface area contributed by atoms with Crippen LogP contribution in [0.4, 0.5) is 4.39 Å². The van der Waals surface area contributed by atoms with Crippen molar-refractivity contribution in [3.05, 3.63) is 40.0 Å². The zero-order valence-electron chi connectivity index (χ0n) is 10.9. The first-order chi connectivity index (χ1) is 9.22. The highest BCUT2D eigenvalue weighted by molar-refractivity contribution is 7.12. The first-order valence-corrected chi connectivity index (χ1v) is 7.49. The Kier molecular flexibility index (Phi) is 3.62. The number of nitrogens with zero attached hydrogens (tertiary/aromatic N) is 1. The second-order valence-corrected chi connectivity index (χ2v) is 6.29. The summed E-state index contributed by atoms with van der Waals surface area (Å²) in [4.78, 5) is 5.88. The van der Waals surface area contributed by atoms with E-state index in [-0.39, 0.29) is 5.82 Å². The van der Waals surface area contributed by atoms with Gasteiger partial charge in [-0.25, -0.2) is 9.37 Å². The van der Waals surface area contributed by atoms with Crippen LogP contribution in [0.1, 0.15) is 22.7 Å². The van der Waals surface area contributed by atoms with Gasteiger partial charge >= 0.3 is 0 Å². The molecule has 100 valence electrons. The molecule has 0 spiro atoms. The summed E-state index contributed by atoms with van der Waals surface area (Å²) in [5.41, 5.74) is 1.99. The van der Waals surface area contributed by atoms with E-state index >= 15 is 0 Å². The number of hydrogen-bond acceptors (Lipinski definition) is 3. The smallest absolute Gasteiger partial charge is 0.123 e. The van der Waals surface area contributed by atoms with Gasteiger partial charge in [-0.3, -0.25) is 0 Å². The number of aromatic nitrogens is 1. The van der Waals surface area contributed by atoms with E-state index in [2.05, 4.69) is 17.2 Å². The minimum Gasteiger partial charge on any atom is -0.314 e. The summed E-state index contributed by atoms with van der Waals surface area (Å²) >= 11 is 1.74. The monoisotopic (exact) mass is 276 g/mol. The fraction of sp³-hybridized carbons (Fsp3) is 0.400. The van der Waals surface area contributed by atoms with Crippen molar-refractivity contribution in [3.8, 4) is 11.3 Å². The SMILES string of the molecule is Cc1sc(CCNC2CC2)nc1-c1ccc(F)cc1. The molecule has 1 aromatic heterocycles. The van der Waals surface area contributed by atoms with Crippen LogP contribution in [-0.4, -0.2) is 17.6 Å². The number of hydrogen-bond donors (Lipinski definition) is 1. The van der Waals surface area contributed by atoms with Gasteiger partial charge in [0.1, 0.15) is 5.82 Å². The number of nitrogens with one attached hydrogen (secondary N) is 1. The lowest BCUT2D eigenvalue weighted by atomic mass is 10.1. The van der Waals surface area contributed by atoms with Crippen LogP contribution in [0.15, 0.2) is 24.3 Å². The Labute approximate surface area is 116 Å². The summed E-state index contributed by atoms with van der Waals surface area (Å²) in [5.74, 6) is -0.203. The van der Waals surface area contributed by atoms with Gasteiger partial charge in [-0.1, -0.05) is 0 Å². The lowest BCUT2D eigenvalue weighted by Crippen LogP contribution is -2.19. The standard InChI is InChI=1S/C15H17FN2S/c1-10-15(11-2-4-12(16)5-3-11)18-14(19-10)8-9-17-13-6-7-13/h2-5,13,17H,6-9H2,1H3. The molecule has 1 heterocycles. The fourth-order valence-electron chi connectivity index (χ4n) is 2.10. The average Bonchev–Trinajstić information content (AvgIpc) is 3.14. The predicted octanol–water partition coefficient (Wildman–Crippen LogP) is 3.55. The maximum Gasteiger partial charge on any atom is 0.123 e. The van der Waals surface area contributed by atoms with Crippen molar-refractivity contribution < 1.29 is 4.39 Å². The Morgan fingerprint density at radius 3 is 2.74 bits per heavy atom. The van der Waals surface area contributed by atoms with Crippen molar-refractivity contribution in [1.29, 1.82) is 0 Å². The van der Waals surface area contributed by atoms with Gasteiger partial charge < -0.3 is 5.32 Å². The predicted molar refractivity (Wildman–Crippen MR) is 77.0 cm³/mol. The maximum absolute atomic E-state index is 12.9. The van der Waals surface area contributed by atoms with Gasteiger partial charge in [0.2, 0.25) is 0 Å². The molecule has 19 heavy (non-hydrogen) atoms. The summed E-state index contributed by atoms with van der Waals surface area (Å²) < 4.78 is 12.9. The molecule has 0 amide bonds. The molecule has 1 fully saturated rings. The Morgan fingerprint density at radius 1 is 1.32 bits per heavy atom. The molecule has 1 aliphatic rings. The molecular formula is C15H17FN2S. The maximum atomic E-state index is 12.9. The van der Waals surface area contributed by atoms with Crippen LogP contribution in [0.25, 0.3) is 11.3 Å². The van der Waals surface area contributed by atoms with E-state index in [9.17, 15) is 4.39 Å². The van der Waals surface area contributed by atoms with E-state index in [1.807, 2.05) is 0 Å². The minimum atomic E-state index is -0.203. The molecule has 0 saturated heterocycles. The fourth-order valence-corrected chi connectivity index (χ4v) is 3.06. The van der Waals surface area contributed by atoms with Gasteiger partial charge in [-0.2, -0.15) is 0 Å². The third-order valence-electron chi connectivity index (χ3n) is 3.31. The van der Waals surface area contributed by atoms with Crippen molar-refractivity contribution in [3.63, 3.8) is 0 Å². The van der Waals surface area contributed by atoms with Crippen molar-refractivity contribution in [2.45, 2.75) is 32.2 Å². The number of thiazole rings is 1. The van der Waals surface area contributed by atoms with Crippen LogP contribution in [0, 0.1) is 12.7 Å². The highest BCUT2D eigenvalue weighted by Crippen LogP contribution is 2.28. The minimum absolute atomic E-state index is 0.203. The van der Waals surface area contributed by atoms with Gasteiger partial charge in [0, 0.05) is 29.4 Å². The summed E-state index contributed by atoms with van der Waals surface area (Å²) in [6.45, 7) is 3.08. The molecule has 2 aromatic rings. The Balaban J connectivity index is 1.70. The van der Waals surface area contributed by atoms with Crippen LogP contribution in [0.5, 0.6) is 0 Å². The van der Waals surface area contributed by atoms with Crippen LogP contribution < -0.4 is 5.32 Å². The van der Waals surface area contributed by atoms with E-state index in [0.717, 1.165) is 35.3 Å². The molecule has 1 N–H and O–H groups in total. The molecule has 0 unspecified atom stereocenters. The first kappa shape index (κ1) is 12.8. The second-order valence-electron chi connectivity index (χ2n) is 5.00. The molecular weight excluding hydrogens is 259 g/mol. The number of halogens is 1. The lowest BCUT2D eigenvalue weighted by Gasteiger charge is -1.99. The largest absolute Gasteiger partial charge is 0.314 e. The third-order valence-corrected chi connectivity index (χ3v) is 4.34. The molecule has 1 aromatic carbocycles. The summed E-state index contributed by atoms with van der Waals surface area (Å²) in [7, 11) is 0. The van der Waals surface area contributed by atoms with Crippen molar-refractivity contribution in [1.82, 2.24) is 10.3 Å². The highest BCUT2D eigenvalue weighted by Gasteiger charge is 2.20. The molecule has 4 heteroatoms. The van der Waals surface area contributed by atoms with Crippen molar-refractivity contribution in [2.75, 3.05) is 6.54 Å². The third kappa shape index (κ3) is 3.19. The van der Waals surface area contributed by atoms with Crippen LogP contribution in [-0.2, 0) is 6.42 Å². The summed E-state index contributed by atoms with van der Waals surface area (Å²) in [6, 6.07) is 7.32. The summed E-state index contributed by atoms with van der Waals surface area (Å²) in [6.07, 6.45) is 3.61. The molecule has 2 nitrogen and oxygen atoms in total. The normalized spacial score (nSPS) is 14.8. The van der Waals surface area contributed by atoms with E-state index < -0.39 is 0 Å². The van der Waals surface area contributed by atoms with Crippen LogP contribution in [0.2, 0.25) is 0 Å². The molecule has 3 rings (SSSR count). The van der Waals surface area contributed by atoms with Crippen LogP contribution >= 0.6 is 11.3 Å². The van der Waals surface area contributed by atoms with E-state index in [4.69, 9.17) is 0 Å². The second kappa shape index (κ2) is 5.39. The topological polar surface area (TPSA) is 24.9 Å². The number of aryl methyl sites for hydroxylation is 1. The first-order valence-electron chi connectivity index (χ1n) is 6.68. The van der Waals surface area contributed by atoms with Gasteiger partial charge in [0.05, 0.1) is 10.7 Å². The quantitative estimate of drug-likeness (QED) is 0.903. The van der Waals surface area contributed by atoms with Crippen LogP contribution in [0.3, 0.4) is 0 Å². The molecule has 0 radical (unpaired) electrons.